The van der Waals surface area contributed by atoms with Gasteiger partial charge in [-0.05, 0) is 24.1 Å². The van der Waals surface area contributed by atoms with E-state index < -0.39 is 17.7 Å². The van der Waals surface area contributed by atoms with Crippen LogP contribution in [-0.2, 0) is 16.1 Å². The molecule has 6 heteroatoms. The van der Waals surface area contributed by atoms with Crippen molar-refractivity contribution in [2.45, 2.75) is 19.4 Å². The van der Waals surface area contributed by atoms with Gasteiger partial charge in [0.2, 0.25) is 5.91 Å². The van der Waals surface area contributed by atoms with Crippen LogP contribution in [0.1, 0.15) is 18.4 Å². The van der Waals surface area contributed by atoms with Crippen molar-refractivity contribution in [3.63, 3.8) is 0 Å². The fourth-order valence-corrected chi connectivity index (χ4v) is 2.33. The molecule has 1 aliphatic heterocycles. The first-order valence-corrected chi connectivity index (χ1v) is 6.29. The number of likely N-dealkylation sites (tertiary alicyclic amines) is 1. The first-order valence-electron chi connectivity index (χ1n) is 5.92. The molecule has 2 rings (SSSR count). The lowest BCUT2D eigenvalue weighted by atomic mass is 9.97. The zero-order valence-electron chi connectivity index (χ0n) is 10.1. The number of benzene rings is 1. The van der Waals surface area contributed by atoms with Crippen molar-refractivity contribution >= 4 is 23.5 Å². The molecular formula is C13H13ClFNO3. The molecule has 19 heavy (non-hydrogen) atoms. The van der Waals surface area contributed by atoms with Crippen LogP contribution in [0.15, 0.2) is 18.2 Å². The molecular weight excluding hydrogens is 273 g/mol. The molecule has 1 heterocycles. The Bertz CT molecular complexity index is 521. The van der Waals surface area contributed by atoms with Crippen molar-refractivity contribution in [2.75, 3.05) is 6.54 Å². The van der Waals surface area contributed by atoms with Crippen molar-refractivity contribution in [3.05, 3.63) is 34.6 Å². The Balaban J connectivity index is 2.09. The second-order valence-corrected chi connectivity index (χ2v) is 5.00. The van der Waals surface area contributed by atoms with Crippen LogP contribution < -0.4 is 0 Å². The third-order valence-corrected chi connectivity index (χ3v) is 3.50. The number of carboxylic acids is 1. The highest BCUT2D eigenvalue weighted by Gasteiger charge is 2.29. The Morgan fingerprint density at radius 1 is 1.53 bits per heavy atom. The summed E-state index contributed by atoms with van der Waals surface area (Å²) in [6.07, 6.45) is 0.598. The fraction of sp³-hybridized carbons (Fsp3) is 0.385. The Labute approximate surface area is 114 Å². The van der Waals surface area contributed by atoms with E-state index in [1.807, 2.05) is 0 Å². The van der Waals surface area contributed by atoms with Crippen LogP contribution in [0, 0.1) is 11.7 Å². The van der Waals surface area contributed by atoms with Crippen LogP contribution in [0.25, 0.3) is 0 Å². The van der Waals surface area contributed by atoms with E-state index in [1.54, 1.807) is 6.07 Å². The Kier molecular flexibility index (Phi) is 4.04. The molecule has 0 aromatic heterocycles. The van der Waals surface area contributed by atoms with Crippen molar-refractivity contribution in [2.24, 2.45) is 5.92 Å². The molecule has 0 bridgehead atoms. The average Bonchev–Trinajstić information content (AvgIpc) is 2.36. The van der Waals surface area contributed by atoms with Gasteiger partial charge < -0.3 is 10.0 Å². The zero-order valence-corrected chi connectivity index (χ0v) is 10.9. The summed E-state index contributed by atoms with van der Waals surface area (Å²) < 4.78 is 13.0. The maximum absolute atomic E-state index is 13.0. The first-order chi connectivity index (χ1) is 8.97. The van der Waals surface area contributed by atoms with Gasteiger partial charge in [0.1, 0.15) is 5.82 Å². The van der Waals surface area contributed by atoms with E-state index in [-0.39, 0.29) is 30.4 Å². The Morgan fingerprint density at radius 2 is 2.26 bits per heavy atom. The summed E-state index contributed by atoms with van der Waals surface area (Å²) in [5.74, 6) is -2.03. The minimum atomic E-state index is -0.894. The van der Waals surface area contributed by atoms with Gasteiger partial charge in [0, 0.05) is 19.5 Å². The number of aliphatic carboxylic acids is 1. The average molecular weight is 286 g/mol. The number of piperidine rings is 1. The van der Waals surface area contributed by atoms with Crippen molar-refractivity contribution in [1.82, 2.24) is 4.90 Å². The minimum absolute atomic E-state index is 0.00302. The fourth-order valence-electron chi connectivity index (χ4n) is 2.13. The minimum Gasteiger partial charge on any atom is -0.481 e. The first kappa shape index (κ1) is 13.8. The molecule has 0 saturated carbocycles. The third-order valence-electron chi connectivity index (χ3n) is 3.21. The van der Waals surface area contributed by atoms with Gasteiger partial charge in [0.25, 0.3) is 0 Å². The number of hydrogen-bond donors (Lipinski definition) is 1. The van der Waals surface area contributed by atoms with Crippen LogP contribution in [0.2, 0.25) is 5.02 Å². The molecule has 1 saturated heterocycles. The number of rotatable bonds is 3. The van der Waals surface area contributed by atoms with Crippen LogP contribution in [0.3, 0.4) is 0 Å². The number of halogens is 2. The Hall–Kier alpha value is -1.62. The number of carbonyl (C=O) groups excluding carboxylic acids is 1. The van der Waals surface area contributed by atoms with Gasteiger partial charge in [-0.1, -0.05) is 17.7 Å². The summed E-state index contributed by atoms with van der Waals surface area (Å²) >= 11 is 5.67. The van der Waals surface area contributed by atoms with E-state index in [2.05, 4.69) is 0 Å². The molecule has 0 aliphatic carbocycles. The predicted octanol–water partition coefficient (Wildman–Crippen LogP) is 2.30. The SMILES string of the molecule is O=C(O)C1CCC(=O)N(Cc2ccc(F)c(Cl)c2)C1. The van der Waals surface area contributed by atoms with E-state index in [4.69, 9.17) is 16.7 Å². The molecule has 1 unspecified atom stereocenters. The number of amides is 1. The molecule has 1 aromatic carbocycles. The van der Waals surface area contributed by atoms with Crippen LogP contribution in [0.5, 0.6) is 0 Å². The summed E-state index contributed by atoms with van der Waals surface area (Å²) in [5.41, 5.74) is 0.686. The van der Waals surface area contributed by atoms with Gasteiger partial charge in [-0.25, -0.2) is 4.39 Å². The van der Waals surface area contributed by atoms with Gasteiger partial charge >= 0.3 is 5.97 Å². The quantitative estimate of drug-likeness (QED) is 0.927. The highest BCUT2D eigenvalue weighted by atomic mass is 35.5. The van der Waals surface area contributed by atoms with E-state index in [0.717, 1.165) is 0 Å². The highest BCUT2D eigenvalue weighted by molar-refractivity contribution is 6.30. The van der Waals surface area contributed by atoms with Gasteiger partial charge in [0.05, 0.1) is 10.9 Å². The van der Waals surface area contributed by atoms with Crippen LogP contribution >= 0.6 is 11.6 Å². The lowest BCUT2D eigenvalue weighted by Gasteiger charge is -2.30. The molecule has 1 atom stereocenters. The summed E-state index contributed by atoms with van der Waals surface area (Å²) in [6, 6.07) is 4.23. The molecule has 102 valence electrons. The van der Waals surface area contributed by atoms with Gasteiger partial charge in [-0.2, -0.15) is 0 Å². The standard InChI is InChI=1S/C13H13ClFNO3/c14-10-5-8(1-3-11(10)15)6-16-7-9(13(18)19)2-4-12(16)17/h1,3,5,9H,2,4,6-7H2,(H,18,19). The van der Waals surface area contributed by atoms with Crippen LogP contribution in [0.4, 0.5) is 4.39 Å². The lowest BCUT2D eigenvalue weighted by molar-refractivity contribution is -0.147. The molecule has 0 radical (unpaired) electrons. The van der Waals surface area contributed by atoms with Crippen molar-refractivity contribution in [3.8, 4) is 0 Å². The predicted molar refractivity (Wildman–Crippen MR) is 67.2 cm³/mol. The van der Waals surface area contributed by atoms with Gasteiger partial charge in [-0.15, -0.1) is 0 Å². The summed E-state index contributed by atoms with van der Waals surface area (Å²) in [7, 11) is 0. The normalized spacial score (nSPS) is 19.6. The molecule has 1 amide bonds. The summed E-state index contributed by atoms with van der Waals surface area (Å²) in [5, 5.41) is 8.98. The van der Waals surface area contributed by atoms with E-state index in [1.165, 1.54) is 17.0 Å². The smallest absolute Gasteiger partial charge is 0.308 e. The second kappa shape index (κ2) is 5.57. The molecule has 1 N–H and O–H groups in total. The molecule has 4 nitrogen and oxygen atoms in total. The topological polar surface area (TPSA) is 57.6 Å². The number of nitrogens with zero attached hydrogens (tertiary/aromatic N) is 1. The Morgan fingerprint density at radius 3 is 2.89 bits per heavy atom. The highest BCUT2D eigenvalue weighted by Crippen LogP contribution is 2.22. The van der Waals surface area contributed by atoms with E-state index in [9.17, 15) is 14.0 Å². The number of carbonyl (C=O) groups is 2. The monoisotopic (exact) mass is 285 g/mol. The largest absolute Gasteiger partial charge is 0.481 e. The number of hydrogen-bond acceptors (Lipinski definition) is 2. The maximum atomic E-state index is 13.0. The molecule has 1 aromatic rings. The molecule has 1 fully saturated rings. The van der Waals surface area contributed by atoms with Gasteiger partial charge in [0.15, 0.2) is 0 Å². The summed E-state index contributed by atoms with van der Waals surface area (Å²) in [4.78, 5) is 24.2. The third kappa shape index (κ3) is 3.23. The summed E-state index contributed by atoms with van der Waals surface area (Å²) in [6.45, 7) is 0.436. The van der Waals surface area contributed by atoms with Crippen molar-refractivity contribution in [1.29, 1.82) is 0 Å². The second-order valence-electron chi connectivity index (χ2n) is 4.60. The maximum Gasteiger partial charge on any atom is 0.308 e. The van der Waals surface area contributed by atoms with Crippen LogP contribution in [-0.4, -0.2) is 28.4 Å². The number of carboxylic acid groups (broad SMARTS) is 1. The van der Waals surface area contributed by atoms with Crippen molar-refractivity contribution < 1.29 is 19.1 Å². The van der Waals surface area contributed by atoms with E-state index >= 15 is 0 Å². The van der Waals surface area contributed by atoms with Gasteiger partial charge in [-0.3, -0.25) is 9.59 Å². The van der Waals surface area contributed by atoms with E-state index in [0.29, 0.717) is 12.0 Å². The molecule has 1 aliphatic rings. The molecule has 0 spiro atoms. The lowest BCUT2D eigenvalue weighted by Crippen LogP contribution is -2.42. The zero-order chi connectivity index (χ0) is 14.0.